The molecule has 0 spiro atoms. The van der Waals surface area contributed by atoms with Crippen LogP contribution in [0.25, 0.3) is 0 Å². The van der Waals surface area contributed by atoms with E-state index in [9.17, 15) is 0 Å². The molecule has 0 aliphatic carbocycles. The highest BCUT2D eigenvalue weighted by atomic mass is 32.2. The van der Waals surface area contributed by atoms with Gasteiger partial charge in [-0.1, -0.05) is 32.5 Å². The van der Waals surface area contributed by atoms with Crippen LogP contribution in [0.4, 0.5) is 0 Å². The fraction of sp³-hybridized carbons (Fsp3) is 0.923. The summed E-state index contributed by atoms with van der Waals surface area (Å²) in [4.78, 5) is 0. The van der Waals surface area contributed by atoms with Crippen LogP contribution in [0.3, 0.4) is 0 Å². The first-order valence-corrected chi connectivity index (χ1v) is 7.80. The summed E-state index contributed by atoms with van der Waals surface area (Å²) in [6.07, 6.45) is 1.16. The van der Waals surface area contributed by atoms with Gasteiger partial charge in [0.15, 0.2) is 0 Å². The molecule has 0 fully saturated rings. The van der Waals surface area contributed by atoms with Crippen LogP contribution >= 0.6 is 11.8 Å². The van der Waals surface area contributed by atoms with Crippen molar-refractivity contribution in [3.8, 4) is 0 Å². The summed E-state index contributed by atoms with van der Waals surface area (Å²) in [7, 11) is 0. The first kappa shape index (κ1) is 16.4. The number of aromatic nitrogens is 4. The Bertz CT molecular complexity index is 341. The molecule has 0 aromatic carbocycles. The Balaban J connectivity index is 2.38. The molecular formula is C13H27N5S. The lowest BCUT2D eigenvalue weighted by Gasteiger charge is -2.20. The zero-order valence-corrected chi connectivity index (χ0v) is 13.8. The fourth-order valence-electron chi connectivity index (χ4n) is 1.43. The first-order valence-electron chi connectivity index (χ1n) is 6.81. The van der Waals surface area contributed by atoms with E-state index in [0.717, 1.165) is 30.4 Å². The lowest BCUT2D eigenvalue weighted by molar-refractivity contribution is 0.394. The molecule has 1 heterocycles. The second-order valence-electron chi connectivity index (χ2n) is 7.02. The maximum Gasteiger partial charge on any atom is 0.209 e. The predicted molar refractivity (Wildman–Crippen MR) is 80.4 cm³/mol. The van der Waals surface area contributed by atoms with Crippen molar-refractivity contribution in [1.29, 1.82) is 0 Å². The molecule has 5 nitrogen and oxygen atoms in total. The number of hydrogen-bond acceptors (Lipinski definition) is 5. The molecule has 1 rings (SSSR count). The second-order valence-corrected chi connectivity index (χ2v) is 8.08. The van der Waals surface area contributed by atoms with Gasteiger partial charge in [0.25, 0.3) is 0 Å². The van der Waals surface area contributed by atoms with Crippen LogP contribution in [0.5, 0.6) is 0 Å². The minimum Gasteiger partial charge on any atom is -0.310 e. The lowest BCUT2D eigenvalue weighted by atomic mass is 9.94. The van der Waals surface area contributed by atoms with Gasteiger partial charge in [-0.3, -0.25) is 0 Å². The molecule has 19 heavy (non-hydrogen) atoms. The molecule has 0 aliphatic heterocycles. The first-order chi connectivity index (χ1) is 8.67. The Morgan fingerprint density at radius 2 is 1.84 bits per heavy atom. The zero-order chi connectivity index (χ0) is 14.5. The van der Waals surface area contributed by atoms with Crippen LogP contribution in [0, 0.1) is 5.41 Å². The van der Waals surface area contributed by atoms with Gasteiger partial charge in [-0.2, -0.15) is 0 Å². The molecule has 0 saturated carbocycles. The van der Waals surface area contributed by atoms with Crippen molar-refractivity contribution in [2.24, 2.45) is 5.41 Å². The number of nitrogens with one attached hydrogen (secondary N) is 1. The van der Waals surface area contributed by atoms with Crippen molar-refractivity contribution >= 4 is 11.8 Å². The average Bonchev–Trinajstić information content (AvgIpc) is 2.62. The second kappa shape index (κ2) is 6.70. The maximum atomic E-state index is 4.09. The van der Waals surface area contributed by atoms with Gasteiger partial charge in [-0.25, -0.2) is 4.68 Å². The van der Waals surface area contributed by atoms with Crippen LogP contribution in [-0.2, 0) is 6.54 Å². The van der Waals surface area contributed by atoms with E-state index < -0.39 is 0 Å². The largest absolute Gasteiger partial charge is 0.310 e. The summed E-state index contributed by atoms with van der Waals surface area (Å²) in [6.45, 7) is 14.9. The Morgan fingerprint density at radius 1 is 1.16 bits per heavy atom. The quantitative estimate of drug-likeness (QED) is 0.814. The van der Waals surface area contributed by atoms with E-state index in [4.69, 9.17) is 0 Å². The van der Waals surface area contributed by atoms with Crippen LogP contribution < -0.4 is 5.32 Å². The van der Waals surface area contributed by atoms with Gasteiger partial charge in [0, 0.05) is 17.8 Å². The number of hydrogen-bond donors (Lipinski definition) is 1. The van der Waals surface area contributed by atoms with Gasteiger partial charge >= 0.3 is 0 Å². The van der Waals surface area contributed by atoms with E-state index in [2.05, 4.69) is 62.4 Å². The molecule has 1 aromatic rings. The van der Waals surface area contributed by atoms with Crippen molar-refractivity contribution in [2.45, 2.75) is 65.2 Å². The summed E-state index contributed by atoms with van der Waals surface area (Å²) in [6, 6.07) is 0. The number of rotatable bonds is 6. The van der Waals surface area contributed by atoms with Crippen molar-refractivity contribution < 1.29 is 0 Å². The predicted octanol–water partition coefficient (Wildman–Crippen LogP) is 2.59. The molecular weight excluding hydrogens is 258 g/mol. The molecule has 110 valence electrons. The minimum absolute atomic E-state index is 0.132. The van der Waals surface area contributed by atoms with Crippen LogP contribution in [0.1, 0.15) is 48.0 Å². The van der Waals surface area contributed by atoms with Gasteiger partial charge in [0.2, 0.25) is 5.16 Å². The molecule has 0 unspecified atom stereocenters. The van der Waals surface area contributed by atoms with Crippen LogP contribution in [0.2, 0.25) is 0 Å². The van der Waals surface area contributed by atoms with E-state index in [1.165, 1.54) is 0 Å². The van der Waals surface area contributed by atoms with Crippen molar-refractivity contribution in [2.75, 3.05) is 12.3 Å². The summed E-state index contributed by atoms with van der Waals surface area (Å²) >= 11 is 1.74. The van der Waals surface area contributed by atoms with Crippen LogP contribution in [-0.4, -0.2) is 38.0 Å². The third-order valence-electron chi connectivity index (χ3n) is 2.56. The van der Waals surface area contributed by atoms with Crippen molar-refractivity contribution in [3.63, 3.8) is 0 Å². The highest BCUT2D eigenvalue weighted by Gasteiger charge is 2.13. The molecule has 6 heteroatoms. The van der Waals surface area contributed by atoms with E-state index in [0.29, 0.717) is 5.41 Å². The molecule has 0 atom stereocenters. The summed E-state index contributed by atoms with van der Waals surface area (Å²) in [5, 5.41) is 16.3. The Kier molecular flexibility index (Phi) is 5.80. The van der Waals surface area contributed by atoms with Crippen LogP contribution in [0.15, 0.2) is 5.16 Å². The fourth-order valence-corrected chi connectivity index (χ4v) is 2.69. The third kappa shape index (κ3) is 7.52. The summed E-state index contributed by atoms with van der Waals surface area (Å²) < 4.78 is 1.88. The topological polar surface area (TPSA) is 55.6 Å². The molecule has 1 aromatic heterocycles. The van der Waals surface area contributed by atoms with Gasteiger partial charge in [0.1, 0.15) is 0 Å². The normalized spacial score (nSPS) is 12.9. The third-order valence-corrected chi connectivity index (χ3v) is 3.52. The average molecular weight is 285 g/mol. The molecule has 0 amide bonds. The highest BCUT2D eigenvalue weighted by Crippen LogP contribution is 2.24. The van der Waals surface area contributed by atoms with Gasteiger partial charge in [-0.15, -0.1) is 5.10 Å². The van der Waals surface area contributed by atoms with E-state index in [1.807, 2.05) is 4.68 Å². The zero-order valence-electron chi connectivity index (χ0n) is 13.0. The van der Waals surface area contributed by atoms with E-state index in [1.54, 1.807) is 11.8 Å². The van der Waals surface area contributed by atoms with Gasteiger partial charge in [-0.05, 0) is 43.0 Å². The highest BCUT2D eigenvalue weighted by molar-refractivity contribution is 7.99. The maximum absolute atomic E-state index is 4.09. The standard InChI is InChI=1S/C13H27N5S/c1-12(2,3)7-10-19-11-15-16-17-18(11)9-8-14-13(4,5)6/h14H,7-10H2,1-6H3. The van der Waals surface area contributed by atoms with E-state index >= 15 is 0 Å². The van der Waals surface area contributed by atoms with Crippen molar-refractivity contribution in [3.05, 3.63) is 0 Å². The summed E-state index contributed by atoms with van der Waals surface area (Å²) in [5.41, 5.74) is 0.493. The Hall–Kier alpha value is -0.620. The summed E-state index contributed by atoms with van der Waals surface area (Å²) in [5.74, 6) is 1.05. The van der Waals surface area contributed by atoms with Crippen molar-refractivity contribution in [1.82, 2.24) is 25.5 Å². The molecule has 0 aliphatic rings. The Morgan fingerprint density at radius 3 is 2.42 bits per heavy atom. The molecule has 0 bridgehead atoms. The number of nitrogens with zero attached hydrogens (tertiary/aromatic N) is 4. The molecule has 0 saturated heterocycles. The van der Waals surface area contributed by atoms with Gasteiger partial charge < -0.3 is 5.32 Å². The monoisotopic (exact) mass is 285 g/mol. The number of tetrazole rings is 1. The lowest BCUT2D eigenvalue weighted by Crippen LogP contribution is -2.38. The number of thioether (sulfide) groups is 1. The SMILES string of the molecule is CC(C)(C)CCSc1nnnn1CCNC(C)(C)C. The minimum atomic E-state index is 0.132. The van der Waals surface area contributed by atoms with Gasteiger partial charge in [0.05, 0.1) is 6.54 Å². The Labute approximate surface area is 120 Å². The smallest absolute Gasteiger partial charge is 0.209 e. The molecule has 1 N–H and O–H groups in total. The van der Waals surface area contributed by atoms with E-state index in [-0.39, 0.29) is 5.54 Å². The molecule has 0 radical (unpaired) electrons.